The van der Waals surface area contributed by atoms with Crippen LogP contribution in [-0.2, 0) is 16.1 Å². The first-order chi connectivity index (χ1) is 15.8. The molecule has 1 N–H and O–H groups in total. The minimum absolute atomic E-state index is 0.104. The van der Waals surface area contributed by atoms with Gasteiger partial charge in [-0.15, -0.1) is 0 Å². The lowest BCUT2D eigenvalue weighted by molar-refractivity contribution is -0.140. The summed E-state index contributed by atoms with van der Waals surface area (Å²) in [5, 5.41) is 12.2. The minimum Gasteiger partial charge on any atom is -0.507 e. The van der Waals surface area contributed by atoms with Crippen LogP contribution in [-0.4, -0.2) is 33.8 Å². The molecule has 2 aromatic carbocycles. The van der Waals surface area contributed by atoms with Crippen molar-refractivity contribution in [3.8, 4) is 5.75 Å². The predicted octanol–water partition coefficient (Wildman–Crippen LogP) is 5.67. The van der Waals surface area contributed by atoms with Crippen LogP contribution in [0.1, 0.15) is 22.7 Å². The number of carbonyl (C=O) groups excluding carboxylic acids is 2. The van der Waals surface area contributed by atoms with Crippen molar-refractivity contribution in [3.05, 3.63) is 98.3 Å². The van der Waals surface area contributed by atoms with Gasteiger partial charge in [0, 0.05) is 29.0 Å². The van der Waals surface area contributed by atoms with Crippen LogP contribution < -0.4 is 4.74 Å². The zero-order valence-electron chi connectivity index (χ0n) is 17.3. The number of benzene rings is 2. The van der Waals surface area contributed by atoms with E-state index in [1.165, 1.54) is 24.1 Å². The Hall–Kier alpha value is -3.06. The lowest BCUT2D eigenvalue weighted by Gasteiger charge is -2.25. The summed E-state index contributed by atoms with van der Waals surface area (Å²) >= 11 is 18.4. The minimum atomic E-state index is -0.877. The molecule has 168 valence electrons. The molecule has 2 heterocycles. The highest BCUT2D eigenvalue weighted by atomic mass is 35.5. The molecule has 1 aromatic heterocycles. The zero-order chi connectivity index (χ0) is 23.7. The van der Waals surface area contributed by atoms with Crippen LogP contribution in [0.4, 0.5) is 0 Å². The van der Waals surface area contributed by atoms with Crippen molar-refractivity contribution in [1.29, 1.82) is 0 Å². The lowest BCUT2D eigenvalue weighted by Crippen LogP contribution is -2.29. The van der Waals surface area contributed by atoms with Crippen molar-refractivity contribution in [2.75, 3.05) is 7.11 Å². The molecule has 4 rings (SSSR count). The number of likely N-dealkylation sites (tertiary alicyclic amines) is 1. The molecule has 1 aliphatic rings. The Bertz CT molecular complexity index is 1260. The first kappa shape index (κ1) is 23.1. The number of halogens is 3. The normalized spacial score (nSPS) is 17.5. The number of carbonyl (C=O) groups is 2. The molecular formula is C24H17Cl3N2O4. The third kappa shape index (κ3) is 4.42. The van der Waals surface area contributed by atoms with E-state index in [4.69, 9.17) is 39.5 Å². The molecule has 0 radical (unpaired) electrons. The van der Waals surface area contributed by atoms with Crippen LogP contribution in [0.2, 0.25) is 15.1 Å². The van der Waals surface area contributed by atoms with E-state index in [2.05, 4.69) is 4.98 Å². The lowest BCUT2D eigenvalue weighted by atomic mass is 9.95. The van der Waals surface area contributed by atoms with E-state index >= 15 is 0 Å². The molecule has 1 atom stereocenters. The smallest absolute Gasteiger partial charge is 0.295 e. The number of aromatic nitrogens is 1. The van der Waals surface area contributed by atoms with Gasteiger partial charge in [0.15, 0.2) is 0 Å². The zero-order valence-corrected chi connectivity index (χ0v) is 19.5. The summed E-state index contributed by atoms with van der Waals surface area (Å²) in [5.74, 6) is -1.89. The van der Waals surface area contributed by atoms with Gasteiger partial charge in [0.05, 0.1) is 29.3 Å². The van der Waals surface area contributed by atoms with Gasteiger partial charge in [-0.2, -0.15) is 0 Å². The summed E-state index contributed by atoms with van der Waals surface area (Å²) in [5.41, 5.74) is 1.37. The van der Waals surface area contributed by atoms with E-state index in [1.807, 2.05) is 0 Å². The third-order valence-corrected chi connectivity index (χ3v) is 6.05. The number of hydrogen-bond donors (Lipinski definition) is 1. The third-order valence-electron chi connectivity index (χ3n) is 5.30. The van der Waals surface area contributed by atoms with Crippen LogP contribution in [0, 0.1) is 0 Å². The summed E-state index contributed by atoms with van der Waals surface area (Å²) in [7, 11) is 1.38. The molecule has 3 aromatic rings. The van der Waals surface area contributed by atoms with Crippen molar-refractivity contribution in [3.63, 3.8) is 0 Å². The second kappa shape index (κ2) is 9.43. The van der Waals surface area contributed by atoms with Gasteiger partial charge in [-0.25, -0.2) is 0 Å². The van der Waals surface area contributed by atoms with E-state index in [0.717, 1.165) is 5.56 Å². The number of aliphatic hydroxyl groups excluding tert-OH is 1. The molecular weight excluding hydrogens is 487 g/mol. The van der Waals surface area contributed by atoms with Crippen LogP contribution in [0.5, 0.6) is 5.75 Å². The number of pyridine rings is 1. The average Bonchev–Trinajstić information content (AvgIpc) is 3.04. The van der Waals surface area contributed by atoms with Crippen LogP contribution in [0.25, 0.3) is 5.76 Å². The molecule has 1 saturated heterocycles. The second-order valence-electron chi connectivity index (χ2n) is 7.30. The number of ether oxygens (including phenoxy) is 1. The monoisotopic (exact) mass is 502 g/mol. The Balaban J connectivity index is 1.93. The molecule has 0 spiro atoms. The van der Waals surface area contributed by atoms with Crippen molar-refractivity contribution >= 4 is 52.3 Å². The maximum atomic E-state index is 13.2. The molecule has 9 heteroatoms. The van der Waals surface area contributed by atoms with Gasteiger partial charge in [-0.05, 0) is 47.5 Å². The fraction of sp³-hybridized carbons (Fsp3) is 0.125. The first-order valence-electron chi connectivity index (χ1n) is 9.78. The first-order valence-corrected chi connectivity index (χ1v) is 10.9. The summed E-state index contributed by atoms with van der Waals surface area (Å²) in [6.07, 6.45) is 3.20. The highest BCUT2D eigenvalue weighted by molar-refractivity contribution is 6.46. The number of aliphatic hydroxyl groups is 1. The van der Waals surface area contributed by atoms with E-state index in [0.29, 0.717) is 10.6 Å². The second-order valence-corrected chi connectivity index (χ2v) is 8.58. The van der Waals surface area contributed by atoms with Gasteiger partial charge < -0.3 is 14.7 Å². The van der Waals surface area contributed by atoms with Crippen LogP contribution in [0.3, 0.4) is 0 Å². The van der Waals surface area contributed by atoms with Gasteiger partial charge >= 0.3 is 0 Å². The molecule has 0 aliphatic carbocycles. The summed E-state index contributed by atoms with van der Waals surface area (Å²) in [4.78, 5) is 31.7. The highest BCUT2D eigenvalue weighted by Gasteiger charge is 2.46. The number of nitrogens with zero attached hydrogens (tertiary/aromatic N) is 2. The number of ketones is 1. The number of rotatable bonds is 5. The average molecular weight is 504 g/mol. The molecule has 33 heavy (non-hydrogen) atoms. The fourth-order valence-electron chi connectivity index (χ4n) is 3.81. The number of amides is 1. The molecule has 6 nitrogen and oxygen atoms in total. The van der Waals surface area contributed by atoms with Crippen LogP contribution >= 0.6 is 34.8 Å². The quantitative estimate of drug-likeness (QED) is 0.276. The Morgan fingerprint density at radius 2 is 1.70 bits per heavy atom. The predicted molar refractivity (Wildman–Crippen MR) is 127 cm³/mol. The van der Waals surface area contributed by atoms with E-state index in [-0.39, 0.29) is 33.5 Å². The highest BCUT2D eigenvalue weighted by Crippen LogP contribution is 2.43. The molecule has 0 saturated carbocycles. The largest absolute Gasteiger partial charge is 0.507 e. The van der Waals surface area contributed by atoms with Gasteiger partial charge in [0.1, 0.15) is 11.5 Å². The van der Waals surface area contributed by atoms with Gasteiger partial charge in [-0.3, -0.25) is 14.6 Å². The summed E-state index contributed by atoms with van der Waals surface area (Å²) < 4.78 is 5.33. The molecule has 1 fully saturated rings. The summed E-state index contributed by atoms with van der Waals surface area (Å²) in [6.45, 7) is 0.130. The number of hydrogen-bond acceptors (Lipinski definition) is 5. The molecule has 1 amide bonds. The summed E-state index contributed by atoms with van der Waals surface area (Å²) in [6, 6.07) is 12.2. The molecule has 1 aliphatic heterocycles. The number of methoxy groups -OCH3 is 1. The van der Waals surface area contributed by atoms with Crippen LogP contribution in [0.15, 0.2) is 66.5 Å². The van der Waals surface area contributed by atoms with Crippen molar-refractivity contribution in [1.82, 2.24) is 9.88 Å². The van der Waals surface area contributed by atoms with E-state index < -0.39 is 23.5 Å². The maximum Gasteiger partial charge on any atom is 0.295 e. The Morgan fingerprint density at radius 3 is 2.33 bits per heavy atom. The van der Waals surface area contributed by atoms with Gasteiger partial charge in [0.25, 0.3) is 11.7 Å². The Kier molecular flexibility index (Phi) is 6.61. The Morgan fingerprint density at radius 1 is 1.03 bits per heavy atom. The van der Waals surface area contributed by atoms with Gasteiger partial charge in [0.2, 0.25) is 0 Å². The fourth-order valence-corrected chi connectivity index (χ4v) is 4.50. The van der Waals surface area contributed by atoms with E-state index in [1.54, 1.807) is 48.8 Å². The van der Waals surface area contributed by atoms with E-state index in [9.17, 15) is 14.7 Å². The maximum absolute atomic E-state index is 13.2. The van der Waals surface area contributed by atoms with Crippen molar-refractivity contribution in [2.45, 2.75) is 12.6 Å². The standard InChI is InChI=1S/C24H17Cl3N2O4/c1-33-23-17(10-16(26)11-18(23)27)21(30)19-20(14-2-4-15(25)5-3-14)29(24(32)22(19)31)12-13-6-8-28-9-7-13/h2-11,20,30H,12H2,1H3/b21-19+. The van der Waals surface area contributed by atoms with Crippen molar-refractivity contribution in [2.24, 2.45) is 0 Å². The molecule has 1 unspecified atom stereocenters. The molecule has 0 bridgehead atoms. The Labute approximate surface area is 205 Å². The van der Waals surface area contributed by atoms with Gasteiger partial charge in [-0.1, -0.05) is 46.9 Å². The van der Waals surface area contributed by atoms with Crippen molar-refractivity contribution < 1.29 is 19.4 Å². The SMILES string of the molecule is COc1c(Cl)cc(Cl)cc1/C(O)=C1\C(=O)C(=O)N(Cc2ccncc2)C1c1ccc(Cl)cc1. The topological polar surface area (TPSA) is 79.7 Å². The number of Topliss-reactive ketones (excluding diaryl/α,β-unsaturated/α-hetero) is 1.